The molecule has 0 aliphatic rings. The van der Waals surface area contributed by atoms with Crippen LogP contribution in [0, 0.1) is 0 Å². The van der Waals surface area contributed by atoms with Gasteiger partial charge in [0.2, 0.25) is 0 Å². The molecule has 1 atom stereocenters. The SMILES string of the molecule is Cn1ccnc1CN(Cc1nccn1C)CC(N)CCCC(=O)O. The number of carboxylic acids is 1. The van der Waals surface area contributed by atoms with Crippen LogP contribution >= 0.6 is 0 Å². The van der Waals surface area contributed by atoms with Gasteiger partial charge in [0.1, 0.15) is 11.6 Å². The number of carboxylic acid groups (broad SMARTS) is 1. The largest absolute Gasteiger partial charge is 0.481 e. The Kier molecular flexibility index (Phi) is 6.51. The van der Waals surface area contributed by atoms with E-state index in [9.17, 15) is 4.79 Å². The summed E-state index contributed by atoms with van der Waals surface area (Å²) in [5.41, 5.74) is 6.21. The summed E-state index contributed by atoms with van der Waals surface area (Å²) in [6.07, 6.45) is 8.83. The fourth-order valence-electron chi connectivity index (χ4n) is 2.62. The second-order valence-corrected chi connectivity index (χ2v) is 6.12. The lowest BCUT2D eigenvalue weighted by molar-refractivity contribution is -0.137. The van der Waals surface area contributed by atoms with E-state index in [0.29, 0.717) is 32.5 Å². The lowest BCUT2D eigenvalue weighted by Crippen LogP contribution is -2.38. The highest BCUT2D eigenvalue weighted by Gasteiger charge is 2.16. The molecule has 2 aromatic rings. The van der Waals surface area contributed by atoms with Crippen LogP contribution in [-0.2, 0) is 32.0 Å². The summed E-state index contributed by atoms with van der Waals surface area (Å²) >= 11 is 0. The molecule has 0 radical (unpaired) electrons. The van der Waals surface area contributed by atoms with Crippen LogP contribution in [0.5, 0.6) is 0 Å². The lowest BCUT2D eigenvalue weighted by atomic mass is 10.1. The zero-order chi connectivity index (χ0) is 17.5. The Morgan fingerprint density at radius 2 is 1.75 bits per heavy atom. The number of carbonyl (C=O) groups is 1. The van der Waals surface area contributed by atoms with E-state index < -0.39 is 5.97 Å². The van der Waals surface area contributed by atoms with Crippen molar-refractivity contribution in [2.45, 2.75) is 38.4 Å². The van der Waals surface area contributed by atoms with Crippen molar-refractivity contribution in [3.63, 3.8) is 0 Å². The van der Waals surface area contributed by atoms with Crippen molar-refractivity contribution in [1.82, 2.24) is 24.0 Å². The first kappa shape index (κ1) is 18.2. The van der Waals surface area contributed by atoms with Crippen LogP contribution in [0.4, 0.5) is 0 Å². The zero-order valence-electron chi connectivity index (χ0n) is 14.3. The molecule has 24 heavy (non-hydrogen) atoms. The highest BCUT2D eigenvalue weighted by atomic mass is 16.4. The monoisotopic (exact) mass is 334 g/mol. The first-order valence-electron chi connectivity index (χ1n) is 8.08. The van der Waals surface area contributed by atoms with Crippen molar-refractivity contribution in [1.29, 1.82) is 0 Å². The van der Waals surface area contributed by atoms with Gasteiger partial charge in [-0.05, 0) is 12.8 Å². The molecule has 8 nitrogen and oxygen atoms in total. The van der Waals surface area contributed by atoms with Crippen molar-refractivity contribution >= 4 is 5.97 Å². The van der Waals surface area contributed by atoms with E-state index in [1.165, 1.54) is 0 Å². The molecule has 0 bridgehead atoms. The number of hydrogen-bond donors (Lipinski definition) is 2. The van der Waals surface area contributed by atoms with Gasteiger partial charge in [-0.2, -0.15) is 0 Å². The third-order valence-electron chi connectivity index (χ3n) is 4.03. The summed E-state index contributed by atoms with van der Waals surface area (Å²) in [5, 5.41) is 8.74. The number of rotatable bonds is 10. The average molecular weight is 334 g/mol. The van der Waals surface area contributed by atoms with E-state index in [1.54, 1.807) is 12.4 Å². The minimum Gasteiger partial charge on any atom is -0.481 e. The lowest BCUT2D eigenvalue weighted by Gasteiger charge is -2.25. The van der Waals surface area contributed by atoms with Crippen LogP contribution in [-0.4, -0.2) is 47.7 Å². The fourth-order valence-corrected chi connectivity index (χ4v) is 2.62. The van der Waals surface area contributed by atoms with Crippen LogP contribution in [0.25, 0.3) is 0 Å². The van der Waals surface area contributed by atoms with Crippen molar-refractivity contribution in [3.8, 4) is 0 Å². The molecule has 0 saturated heterocycles. The molecule has 3 N–H and O–H groups in total. The van der Waals surface area contributed by atoms with Gasteiger partial charge in [-0.3, -0.25) is 9.69 Å². The Hall–Kier alpha value is -2.19. The molecule has 0 fully saturated rings. The fraction of sp³-hybridized carbons (Fsp3) is 0.562. The van der Waals surface area contributed by atoms with Crippen molar-refractivity contribution < 1.29 is 9.90 Å². The topological polar surface area (TPSA) is 102 Å². The average Bonchev–Trinajstić information content (AvgIpc) is 3.08. The van der Waals surface area contributed by atoms with Gasteiger partial charge in [-0.15, -0.1) is 0 Å². The molecule has 2 heterocycles. The van der Waals surface area contributed by atoms with Crippen LogP contribution < -0.4 is 5.73 Å². The minimum absolute atomic E-state index is 0.0788. The summed E-state index contributed by atoms with van der Waals surface area (Å²) in [6.45, 7) is 2.01. The molecule has 0 aliphatic carbocycles. The molecular formula is C16H26N6O2. The Labute approximate surface area is 141 Å². The molecule has 8 heteroatoms. The van der Waals surface area contributed by atoms with E-state index in [1.807, 2.05) is 35.6 Å². The second kappa shape index (κ2) is 8.60. The molecule has 0 aromatic carbocycles. The Balaban J connectivity index is 1.98. The highest BCUT2D eigenvalue weighted by molar-refractivity contribution is 5.66. The molecule has 0 aliphatic heterocycles. The van der Waals surface area contributed by atoms with Crippen LogP contribution in [0.15, 0.2) is 24.8 Å². The highest BCUT2D eigenvalue weighted by Crippen LogP contribution is 2.10. The smallest absolute Gasteiger partial charge is 0.303 e. The van der Waals surface area contributed by atoms with Crippen molar-refractivity contribution in [2.24, 2.45) is 19.8 Å². The maximum Gasteiger partial charge on any atom is 0.303 e. The third-order valence-corrected chi connectivity index (χ3v) is 4.03. The number of nitrogens with two attached hydrogens (primary N) is 1. The maximum absolute atomic E-state index is 10.6. The molecule has 2 aromatic heterocycles. The van der Waals surface area contributed by atoms with Crippen LogP contribution in [0.3, 0.4) is 0 Å². The Morgan fingerprint density at radius 3 is 2.17 bits per heavy atom. The van der Waals surface area contributed by atoms with Gasteiger partial charge in [-0.1, -0.05) is 0 Å². The quantitative estimate of drug-likeness (QED) is 0.664. The molecule has 0 spiro atoms. The first-order valence-corrected chi connectivity index (χ1v) is 8.08. The van der Waals surface area contributed by atoms with E-state index in [2.05, 4.69) is 14.9 Å². The Bertz CT molecular complexity index is 608. The van der Waals surface area contributed by atoms with Gasteiger partial charge in [0.05, 0.1) is 13.1 Å². The third kappa shape index (κ3) is 5.47. The maximum atomic E-state index is 10.6. The number of aliphatic carboxylic acids is 1. The van der Waals surface area contributed by atoms with E-state index in [-0.39, 0.29) is 12.5 Å². The molecule has 132 valence electrons. The second-order valence-electron chi connectivity index (χ2n) is 6.12. The summed E-state index contributed by atoms with van der Waals surface area (Å²) in [4.78, 5) is 21.6. The van der Waals surface area contributed by atoms with Crippen LogP contribution in [0.2, 0.25) is 0 Å². The molecule has 0 amide bonds. The normalized spacial score (nSPS) is 12.7. The first-order chi connectivity index (χ1) is 11.5. The van der Waals surface area contributed by atoms with Gasteiger partial charge < -0.3 is 20.0 Å². The van der Waals surface area contributed by atoms with Gasteiger partial charge in [0.25, 0.3) is 0 Å². The minimum atomic E-state index is -0.778. The van der Waals surface area contributed by atoms with Crippen molar-refractivity contribution in [3.05, 3.63) is 36.4 Å². The molecular weight excluding hydrogens is 308 g/mol. The van der Waals surface area contributed by atoms with E-state index >= 15 is 0 Å². The number of imidazole rings is 2. The predicted octanol–water partition coefficient (Wildman–Crippen LogP) is 0.738. The van der Waals surface area contributed by atoms with Crippen molar-refractivity contribution in [2.75, 3.05) is 6.54 Å². The van der Waals surface area contributed by atoms with E-state index in [4.69, 9.17) is 10.8 Å². The van der Waals surface area contributed by atoms with Crippen LogP contribution in [0.1, 0.15) is 30.9 Å². The molecule has 2 rings (SSSR count). The number of nitrogens with zero attached hydrogens (tertiary/aromatic N) is 5. The predicted molar refractivity (Wildman–Crippen MR) is 90.0 cm³/mol. The number of aryl methyl sites for hydroxylation is 2. The molecule has 0 saturated carbocycles. The van der Waals surface area contributed by atoms with Gasteiger partial charge in [0, 0.05) is 57.9 Å². The summed E-state index contributed by atoms with van der Waals surface area (Å²) in [5.74, 6) is 1.14. The standard InChI is InChI=1S/C16H26N6O2/c1-20-8-6-18-14(20)11-22(12-15-19-7-9-21(15)2)10-13(17)4-3-5-16(23)24/h6-9,13H,3-5,10-12,17H2,1-2H3,(H,23,24). The number of aromatic nitrogens is 4. The van der Waals surface area contributed by atoms with Gasteiger partial charge in [0.15, 0.2) is 0 Å². The van der Waals surface area contributed by atoms with Gasteiger partial charge in [-0.25, -0.2) is 9.97 Å². The van der Waals surface area contributed by atoms with Gasteiger partial charge >= 0.3 is 5.97 Å². The number of hydrogen-bond acceptors (Lipinski definition) is 5. The summed E-state index contributed by atoms with van der Waals surface area (Å²) in [6, 6.07) is -0.0788. The zero-order valence-corrected chi connectivity index (χ0v) is 14.3. The summed E-state index contributed by atoms with van der Waals surface area (Å²) < 4.78 is 3.97. The molecule has 1 unspecified atom stereocenters. The van der Waals surface area contributed by atoms with E-state index in [0.717, 1.165) is 11.6 Å². The summed E-state index contributed by atoms with van der Waals surface area (Å²) in [7, 11) is 3.93. The Morgan fingerprint density at radius 1 is 1.21 bits per heavy atom.